The zero-order chi connectivity index (χ0) is 17.5. The number of ether oxygens (including phenoxy) is 1. The highest BCUT2D eigenvalue weighted by Gasteiger charge is 2.12. The second-order valence-corrected chi connectivity index (χ2v) is 5.39. The molecule has 0 radical (unpaired) electrons. The molecule has 0 bridgehead atoms. The molecular formula is C20H20N2O2. The van der Waals surface area contributed by atoms with Gasteiger partial charge in [0.1, 0.15) is 17.4 Å². The highest BCUT2D eigenvalue weighted by Crippen LogP contribution is 2.21. The highest BCUT2D eigenvalue weighted by atomic mass is 16.5. The fourth-order valence-corrected chi connectivity index (χ4v) is 2.33. The summed E-state index contributed by atoms with van der Waals surface area (Å²) in [7, 11) is 0. The number of rotatable bonds is 5. The van der Waals surface area contributed by atoms with E-state index >= 15 is 0 Å². The molecule has 122 valence electrons. The van der Waals surface area contributed by atoms with Gasteiger partial charge >= 0.3 is 0 Å². The molecule has 2 aromatic rings. The van der Waals surface area contributed by atoms with Crippen LogP contribution in [0.2, 0.25) is 0 Å². The van der Waals surface area contributed by atoms with Crippen molar-refractivity contribution in [1.29, 1.82) is 5.26 Å². The van der Waals surface area contributed by atoms with E-state index < -0.39 is 5.91 Å². The monoisotopic (exact) mass is 320 g/mol. The van der Waals surface area contributed by atoms with E-state index in [0.29, 0.717) is 6.61 Å². The van der Waals surface area contributed by atoms with E-state index in [0.717, 1.165) is 28.1 Å². The summed E-state index contributed by atoms with van der Waals surface area (Å²) < 4.78 is 5.38. The van der Waals surface area contributed by atoms with E-state index in [1.165, 1.54) is 0 Å². The number of nitrogens with zero attached hydrogens (tertiary/aromatic N) is 1. The van der Waals surface area contributed by atoms with Crippen LogP contribution in [0.4, 0.5) is 5.69 Å². The molecule has 0 saturated carbocycles. The maximum atomic E-state index is 12.4. The van der Waals surface area contributed by atoms with Gasteiger partial charge in [-0.2, -0.15) is 5.26 Å². The minimum Gasteiger partial charge on any atom is -0.494 e. The Labute approximate surface area is 142 Å². The average Bonchev–Trinajstić information content (AvgIpc) is 2.57. The van der Waals surface area contributed by atoms with Crippen LogP contribution in [0.3, 0.4) is 0 Å². The van der Waals surface area contributed by atoms with Crippen molar-refractivity contribution >= 4 is 17.7 Å². The molecule has 0 fully saturated rings. The molecule has 0 unspecified atom stereocenters. The first-order chi connectivity index (χ1) is 11.5. The van der Waals surface area contributed by atoms with Gasteiger partial charge in [-0.25, -0.2) is 0 Å². The van der Waals surface area contributed by atoms with Gasteiger partial charge in [0.25, 0.3) is 5.91 Å². The summed E-state index contributed by atoms with van der Waals surface area (Å²) in [5.41, 5.74) is 3.49. The Kier molecular flexibility index (Phi) is 5.75. The molecule has 0 aliphatic heterocycles. The number of carbonyl (C=O) groups excluding carboxylic acids is 1. The lowest BCUT2D eigenvalue weighted by molar-refractivity contribution is -0.112. The second-order valence-electron chi connectivity index (χ2n) is 5.39. The molecule has 0 spiro atoms. The van der Waals surface area contributed by atoms with Gasteiger partial charge in [-0.1, -0.05) is 30.3 Å². The van der Waals surface area contributed by atoms with E-state index in [2.05, 4.69) is 5.32 Å². The topological polar surface area (TPSA) is 62.1 Å². The fraction of sp³-hybridized carbons (Fsp3) is 0.200. The maximum Gasteiger partial charge on any atom is 0.266 e. The van der Waals surface area contributed by atoms with Gasteiger partial charge in [0.05, 0.1) is 6.61 Å². The van der Waals surface area contributed by atoms with E-state index in [4.69, 9.17) is 4.74 Å². The number of hydrogen-bond acceptors (Lipinski definition) is 3. The smallest absolute Gasteiger partial charge is 0.266 e. The number of hydrogen-bond donors (Lipinski definition) is 1. The van der Waals surface area contributed by atoms with Gasteiger partial charge in [-0.15, -0.1) is 0 Å². The molecule has 0 saturated heterocycles. The number of benzene rings is 2. The lowest BCUT2D eigenvalue weighted by atomic mass is 10.1. The Bertz CT molecular complexity index is 779. The standard InChI is InChI=1S/C20H20N2O2/c1-4-24-18-10-8-16(9-11-18)12-17(13-21)20(23)22-19-14(2)6-5-7-15(19)3/h5-12H,4H2,1-3H3,(H,22,23)/b17-12+. The Morgan fingerprint density at radius 1 is 1.17 bits per heavy atom. The summed E-state index contributed by atoms with van der Waals surface area (Å²) in [4.78, 5) is 12.4. The van der Waals surface area contributed by atoms with E-state index in [9.17, 15) is 10.1 Å². The molecule has 2 aromatic carbocycles. The number of para-hydroxylation sites is 1. The molecule has 1 amide bonds. The molecule has 1 N–H and O–H groups in total. The van der Waals surface area contributed by atoms with Crippen LogP contribution in [0.15, 0.2) is 48.0 Å². The van der Waals surface area contributed by atoms with Crippen LogP contribution < -0.4 is 10.1 Å². The van der Waals surface area contributed by atoms with E-state index in [1.54, 1.807) is 6.08 Å². The fourth-order valence-electron chi connectivity index (χ4n) is 2.33. The van der Waals surface area contributed by atoms with Crippen LogP contribution in [-0.4, -0.2) is 12.5 Å². The minimum absolute atomic E-state index is 0.0572. The number of anilines is 1. The van der Waals surface area contributed by atoms with Gasteiger partial charge in [-0.05, 0) is 55.7 Å². The normalized spacial score (nSPS) is 10.8. The Balaban J connectivity index is 2.21. The lowest BCUT2D eigenvalue weighted by Crippen LogP contribution is -2.15. The summed E-state index contributed by atoms with van der Waals surface area (Å²) >= 11 is 0. The van der Waals surface area contributed by atoms with Crippen molar-refractivity contribution in [2.45, 2.75) is 20.8 Å². The van der Waals surface area contributed by atoms with Crippen LogP contribution >= 0.6 is 0 Å². The Morgan fingerprint density at radius 2 is 1.79 bits per heavy atom. The summed E-state index contributed by atoms with van der Waals surface area (Å²) in [5, 5.41) is 12.1. The van der Waals surface area contributed by atoms with Crippen LogP contribution in [-0.2, 0) is 4.79 Å². The Hall–Kier alpha value is -3.06. The molecular weight excluding hydrogens is 300 g/mol. The van der Waals surface area contributed by atoms with Crippen molar-refractivity contribution in [1.82, 2.24) is 0 Å². The summed E-state index contributed by atoms with van der Waals surface area (Å²) in [6.45, 7) is 6.35. The van der Waals surface area contributed by atoms with Gasteiger partial charge in [0.2, 0.25) is 0 Å². The lowest BCUT2D eigenvalue weighted by Gasteiger charge is -2.11. The third kappa shape index (κ3) is 4.23. The third-order valence-electron chi connectivity index (χ3n) is 3.59. The zero-order valence-electron chi connectivity index (χ0n) is 14.1. The molecule has 4 nitrogen and oxygen atoms in total. The Morgan fingerprint density at radius 3 is 2.33 bits per heavy atom. The molecule has 0 aliphatic carbocycles. The van der Waals surface area contributed by atoms with Crippen molar-refractivity contribution < 1.29 is 9.53 Å². The summed E-state index contributed by atoms with van der Waals surface area (Å²) in [6.07, 6.45) is 1.57. The van der Waals surface area contributed by atoms with Gasteiger partial charge in [-0.3, -0.25) is 4.79 Å². The van der Waals surface area contributed by atoms with Crippen LogP contribution in [0.1, 0.15) is 23.6 Å². The van der Waals surface area contributed by atoms with Crippen molar-refractivity contribution in [3.05, 3.63) is 64.7 Å². The van der Waals surface area contributed by atoms with Crippen molar-refractivity contribution in [2.75, 3.05) is 11.9 Å². The number of nitrogens with one attached hydrogen (secondary N) is 1. The predicted octanol–water partition coefficient (Wildman–Crippen LogP) is 4.25. The zero-order valence-corrected chi connectivity index (χ0v) is 14.1. The molecule has 0 aromatic heterocycles. The molecule has 24 heavy (non-hydrogen) atoms. The predicted molar refractivity (Wildman–Crippen MR) is 95.7 cm³/mol. The largest absolute Gasteiger partial charge is 0.494 e. The first-order valence-corrected chi connectivity index (χ1v) is 7.77. The second kappa shape index (κ2) is 7.98. The molecule has 2 rings (SSSR count). The van der Waals surface area contributed by atoms with Crippen LogP contribution in [0, 0.1) is 25.2 Å². The van der Waals surface area contributed by atoms with Crippen molar-refractivity contribution in [2.24, 2.45) is 0 Å². The van der Waals surface area contributed by atoms with Crippen molar-refractivity contribution in [3.8, 4) is 11.8 Å². The SMILES string of the molecule is CCOc1ccc(/C=C(\C#N)C(=O)Nc2c(C)cccc2C)cc1. The first-order valence-electron chi connectivity index (χ1n) is 7.77. The number of aryl methyl sites for hydroxylation is 2. The van der Waals surface area contributed by atoms with Crippen LogP contribution in [0.5, 0.6) is 5.75 Å². The highest BCUT2D eigenvalue weighted by molar-refractivity contribution is 6.10. The van der Waals surface area contributed by atoms with Gasteiger partial charge in [0.15, 0.2) is 0 Å². The summed E-state index contributed by atoms with van der Waals surface area (Å²) in [5.74, 6) is 0.344. The molecule has 0 aliphatic rings. The quantitative estimate of drug-likeness (QED) is 0.662. The number of amides is 1. The summed E-state index contributed by atoms with van der Waals surface area (Å²) in [6, 6.07) is 15.0. The third-order valence-corrected chi connectivity index (χ3v) is 3.59. The van der Waals surface area contributed by atoms with Crippen LogP contribution in [0.25, 0.3) is 6.08 Å². The first kappa shape index (κ1) is 17.3. The van der Waals surface area contributed by atoms with Gasteiger partial charge < -0.3 is 10.1 Å². The molecule has 0 heterocycles. The maximum absolute atomic E-state index is 12.4. The average molecular weight is 320 g/mol. The van der Waals surface area contributed by atoms with Crippen molar-refractivity contribution in [3.63, 3.8) is 0 Å². The molecule has 0 atom stereocenters. The van der Waals surface area contributed by atoms with E-state index in [1.807, 2.05) is 69.3 Å². The number of nitriles is 1. The number of carbonyl (C=O) groups is 1. The van der Waals surface area contributed by atoms with E-state index in [-0.39, 0.29) is 5.57 Å². The molecule has 4 heteroatoms. The van der Waals surface area contributed by atoms with Gasteiger partial charge in [0, 0.05) is 5.69 Å². The minimum atomic E-state index is -0.413.